The van der Waals surface area contributed by atoms with Crippen molar-refractivity contribution >= 4 is 5.91 Å². The minimum Gasteiger partial charge on any atom is -0.339 e. The normalized spacial score (nSPS) is 22.9. The summed E-state index contributed by atoms with van der Waals surface area (Å²) in [5, 5.41) is 7.01. The van der Waals surface area contributed by atoms with Crippen molar-refractivity contribution in [3.8, 4) is 0 Å². The quantitative estimate of drug-likeness (QED) is 0.920. The zero-order chi connectivity index (χ0) is 17.1. The number of pyridine rings is 1. The van der Waals surface area contributed by atoms with Crippen molar-refractivity contribution in [1.29, 1.82) is 0 Å². The van der Waals surface area contributed by atoms with E-state index < -0.39 is 0 Å². The number of nitrogens with one attached hydrogen (secondary N) is 1. The number of hydrogen-bond acceptors (Lipinski definition) is 5. The van der Waals surface area contributed by atoms with E-state index in [0.717, 1.165) is 50.4 Å². The van der Waals surface area contributed by atoms with Crippen LogP contribution in [0.2, 0.25) is 0 Å². The Hall–Kier alpha value is -2.28. The Kier molecular flexibility index (Phi) is 4.74. The number of likely N-dealkylation sites (tertiary alicyclic amines) is 2. The molecule has 2 saturated heterocycles. The minimum absolute atomic E-state index is 0.124. The highest BCUT2D eigenvalue weighted by molar-refractivity contribution is 5.94. The predicted octanol–water partition coefficient (Wildman–Crippen LogP) is 1.68. The summed E-state index contributed by atoms with van der Waals surface area (Å²) in [5.74, 6) is 1.58. The Morgan fingerprint density at radius 3 is 2.64 bits per heavy atom. The van der Waals surface area contributed by atoms with Crippen molar-refractivity contribution in [2.75, 3.05) is 26.2 Å². The van der Waals surface area contributed by atoms with Crippen LogP contribution in [0.15, 0.2) is 30.9 Å². The van der Waals surface area contributed by atoms with Gasteiger partial charge in [-0.2, -0.15) is 5.10 Å². The highest BCUT2D eigenvalue weighted by Crippen LogP contribution is 2.28. The van der Waals surface area contributed by atoms with Gasteiger partial charge in [0.1, 0.15) is 12.2 Å². The molecule has 2 aromatic rings. The third kappa shape index (κ3) is 3.56. The van der Waals surface area contributed by atoms with Crippen LogP contribution in [-0.2, 0) is 0 Å². The lowest BCUT2D eigenvalue weighted by Gasteiger charge is -2.42. The molecular formula is C18H24N6O. The molecule has 0 aliphatic carbocycles. The number of carbonyl (C=O) groups is 1. The van der Waals surface area contributed by atoms with E-state index in [0.29, 0.717) is 12.0 Å². The van der Waals surface area contributed by atoms with Crippen molar-refractivity contribution in [1.82, 2.24) is 30.0 Å². The summed E-state index contributed by atoms with van der Waals surface area (Å²) in [4.78, 5) is 25.4. The van der Waals surface area contributed by atoms with Crippen LogP contribution in [0.25, 0.3) is 0 Å². The van der Waals surface area contributed by atoms with Crippen LogP contribution >= 0.6 is 0 Å². The van der Waals surface area contributed by atoms with Crippen molar-refractivity contribution in [3.05, 3.63) is 42.2 Å². The van der Waals surface area contributed by atoms with Crippen molar-refractivity contribution in [2.45, 2.75) is 37.6 Å². The molecule has 25 heavy (non-hydrogen) atoms. The highest BCUT2D eigenvalue weighted by Gasteiger charge is 2.31. The maximum atomic E-state index is 12.6. The molecule has 7 heteroatoms. The fraction of sp³-hybridized carbons (Fsp3) is 0.556. The molecule has 0 bridgehead atoms. The molecule has 2 fully saturated rings. The van der Waals surface area contributed by atoms with Crippen molar-refractivity contribution in [3.63, 3.8) is 0 Å². The first-order chi connectivity index (χ1) is 12.3. The molecule has 1 N–H and O–H groups in total. The summed E-state index contributed by atoms with van der Waals surface area (Å²) >= 11 is 0. The number of nitrogens with zero attached hydrogens (tertiary/aromatic N) is 5. The maximum Gasteiger partial charge on any atom is 0.253 e. The van der Waals surface area contributed by atoms with E-state index in [9.17, 15) is 4.79 Å². The summed E-state index contributed by atoms with van der Waals surface area (Å²) < 4.78 is 0. The Balaban J connectivity index is 1.33. The number of carbonyl (C=O) groups excluding carboxylic acids is 1. The predicted molar refractivity (Wildman–Crippen MR) is 93.1 cm³/mol. The smallest absolute Gasteiger partial charge is 0.253 e. The molecule has 7 nitrogen and oxygen atoms in total. The third-order valence-electron chi connectivity index (χ3n) is 5.47. The van der Waals surface area contributed by atoms with Crippen LogP contribution in [0.5, 0.6) is 0 Å². The fourth-order valence-electron chi connectivity index (χ4n) is 4.08. The minimum atomic E-state index is 0.124. The number of hydrogen-bond donors (Lipinski definition) is 1. The summed E-state index contributed by atoms with van der Waals surface area (Å²) in [6.07, 6.45) is 9.40. The molecule has 132 valence electrons. The lowest BCUT2D eigenvalue weighted by atomic mass is 9.93. The average Bonchev–Trinajstić information content (AvgIpc) is 3.23. The van der Waals surface area contributed by atoms with Gasteiger partial charge in [-0.25, -0.2) is 4.98 Å². The summed E-state index contributed by atoms with van der Waals surface area (Å²) in [6, 6.07) is 4.15. The van der Waals surface area contributed by atoms with Gasteiger partial charge in [-0.1, -0.05) is 0 Å². The van der Waals surface area contributed by atoms with Gasteiger partial charge in [0, 0.05) is 49.6 Å². The first-order valence-electron chi connectivity index (χ1n) is 9.10. The van der Waals surface area contributed by atoms with Gasteiger partial charge in [0.05, 0.1) is 0 Å². The lowest BCUT2D eigenvalue weighted by Crippen LogP contribution is -2.49. The van der Waals surface area contributed by atoms with Crippen molar-refractivity contribution < 1.29 is 4.79 Å². The highest BCUT2D eigenvalue weighted by atomic mass is 16.2. The molecule has 0 radical (unpaired) electrons. The Morgan fingerprint density at radius 1 is 1.12 bits per heavy atom. The Labute approximate surface area is 147 Å². The lowest BCUT2D eigenvalue weighted by molar-refractivity contribution is 0.0568. The molecule has 4 rings (SSSR count). The number of aromatic nitrogens is 4. The zero-order valence-electron chi connectivity index (χ0n) is 14.3. The molecule has 2 aromatic heterocycles. The van der Waals surface area contributed by atoms with Crippen LogP contribution in [-0.4, -0.2) is 68.1 Å². The van der Waals surface area contributed by atoms with Gasteiger partial charge in [-0.15, -0.1) is 0 Å². The molecule has 1 amide bonds. The van der Waals surface area contributed by atoms with E-state index in [-0.39, 0.29) is 5.91 Å². The fourth-order valence-corrected chi connectivity index (χ4v) is 4.08. The zero-order valence-corrected chi connectivity index (χ0v) is 14.3. The molecular weight excluding hydrogens is 316 g/mol. The monoisotopic (exact) mass is 340 g/mol. The van der Waals surface area contributed by atoms with E-state index >= 15 is 0 Å². The molecule has 0 aromatic carbocycles. The van der Waals surface area contributed by atoms with E-state index in [1.165, 1.54) is 12.8 Å². The van der Waals surface area contributed by atoms with Crippen LogP contribution < -0.4 is 0 Å². The number of aromatic amines is 1. The summed E-state index contributed by atoms with van der Waals surface area (Å²) in [7, 11) is 0. The number of amides is 1. The maximum absolute atomic E-state index is 12.6. The Morgan fingerprint density at radius 2 is 1.92 bits per heavy atom. The molecule has 2 aliphatic heterocycles. The second kappa shape index (κ2) is 7.31. The topological polar surface area (TPSA) is 78.0 Å². The van der Waals surface area contributed by atoms with Gasteiger partial charge >= 0.3 is 0 Å². The van der Waals surface area contributed by atoms with Gasteiger partial charge in [-0.05, 0) is 44.4 Å². The van der Waals surface area contributed by atoms with E-state index in [4.69, 9.17) is 0 Å². The van der Waals surface area contributed by atoms with Crippen molar-refractivity contribution in [2.24, 2.45) is 0 Å². The van der Waals surface area contributed by atoms with E-state index in [2.05, 4.69) is 25.1 Å². The summed E-state index contributed by atoms with van der Waals surface area (Å²) in [6.45, 7) is 3.84. The molecule has 1 atom stereocenters. The molecule has 0 spiro atoms. The number of H-pyrrole nitrogens is 1. The van der Waals surface area contributed by atoms with Crippen LogP contribution in [0.1, 0.15) is 47.8 Å². The number of piperidine rings is 2. The standard InChI is InChI=1S/C18H24N6O/c25-18(14-3-7-19-8-4-14)23-10-5-16(6-11-23)24-9-1-2-15(12-24)17-20-13-21-22-17/h3-4,7-8,13,15-16H,1-2,5-6,9-12H2,(H,20,21,22)/t15-/m0/s1. The SMILES string of the molecule is O=C(c1ccncc1)N1CCC(N2CCC[C@H](c3ncn[nH]3)C2)CC1. The molecule has 0 unspecified atom stereocenters. The van der Waals surface area contributed by atoms with Gasteiger partial charge < -0.3 is 4.90 Å². The second-order valence-electron chi connectivity index (χ2n) is 6.96. The van der Waals surface area contributed by atoms with Gasteiger partial charge in [0.2, 0.25) is 0 Å². The first kappa shape index (κ1) is 16.2. The van der Waals surface area contributed by atoms with Gasteiger partial charge in [0.15, 0.2) is 0 Å². The summed E-state index contributed by atoms with van der Waals surface area (Å²) in [5.41, 5.74) is 0.733. The van der Waals surface area contributed by atoms with E-state index in [1.54, 1.807) is 30.9 Å². The number of rotatable bonds is 3. The van der Waals surface area contributed by atoms with Crippen LogP contribution in [0.3, 0.4) is 0 Å². The van der Waals surface area contributed by atoms with Gasteiger partial charge in [0.25, 0.3) is 5.91 Å². The third-order valence-corrected chi connectivity index (χ3v) is 5.47. The molecule has 4 heterocycles. The van der Waals surface area contributed by atoms with Gasteiger partial charge in [-0.3, -0.25) is 19.8 Å². The average molecular weight is 340 g/mol. The first-order valence-corrected chi connectivity index (χ1v) is 9.10. The van der Waals surface area contributed by atoms with E-state index in [1.807, 2.05) is 4.90 Å². The Bertz CT molecular complexity index is 681. The largest absolute Gasteiger partial charge is 0.339 e. The van der Waals surface area contributed by atoms with Crippen LogP contribution in [0.4, 0.5) is 0 Å². The molecule has 0 saturated carbocycles. The second-order valence-corrected chi connectivity index (χ2v) is 6.96. The van der Waals surface area contributed by atoms with Crippen LogP contribution in [0, 0.1) is 0 Å². The molecule has 2 aliphatic rings.